The van der Waals surface area contributed by atoms with Gasteiger partial charge in [-0.05, 0) is 26.6 Å². The van der Waals surface area contributed by atoms with Crippen LogP contribution < -0.4 is 0 Å². The zero-order chi connectivity index (χ0) is 12.4. The van der Waals surface area contributed by atoms with Gasteiger partial charge in [-0.25, -0.2) is 9.97 Å². The summed E-state index contributed by atoms with van der Waals surface area (Å²) in [6.45, 7) is 4.93. The van der Waals surface area contributed by atoms with Crippen molar-refractivity contribution in [3.8, 4) is 0 Å². The molecule has 5 heteroatoms. The van der Waals surface area contributed by atoms with Gasteiger partial charge in [0.1, 0.15) is 5.82 Å². The molecule has 1 aliphatic heterocycles. The van der Waals surface area contributed by atoms with E-state index in [9.17, 15) is 5.11 Å². The summed E-state index contributed by atoms with van der Waals surface area (Å²) in [5, 5.41) is 9.24. The minimum Gasteiger partial charge on any atom is -0.390 e. The standard InChI is InChI=1S/C12H20N4O/c1-9-6-13-12(14-10(9)8-17)11-7-15(2)4-5-16(11)3/h6,11,17H,4-5,7-8H2,1-3H3. The monoisotopic (exact) mass is 236 g/mol. The SMILES string of the molecule is Cc1cnc(C2CN(C)CCN2C)nc1CO. The molecule has 1 fully saturated rings. The average Bonchev–Trinajstić information content (AvgIpc) is 2.33. The lowest BCUT2D eigenvalue weighted by Crippen LogP contribution is -2.45. The van der Waals surface area contributed by atoms with Crippen LogP contribution in [0.3, 0.4) is 0 Å². The van der Waals surface area contributed by atoms with Gasteiger partial charge in [-0.2, -0.15) is 0 Å². The summed E-state index contributed by atoms with van der Waals surface area (Å²) in [5.74, 6) is 0.814. The van der Waals surface area contributed by atoms with Crippen molar-refractivity contribution < 1.29 is 5.11 Å². The van der Waals surface area contributed by atoms with Crippen LogP contribution in [-0.2, 0) is 6.61 Å². The summed E-state index contributed by atoms with van der Waals surface area (Å²) >= 11 is 0. The fourth-order valence-electron chi connectivity index (χ4n) is 2.10. The smallest absolute Gasteiger partial charge is 0.147 e. The van der Waals surface area contributed by atoms with Gasteiger partial charge in [-0.3, -0.25) is 4.90 Å². The minimum absolute atomic E-state index is 0.0202. The molecule has 0 spiro atoms. The van der Waals surface area contributed by atoms with Crippen LogP contribution in [0.1, 0.15) is 23.1 Å². The maximum absolute atomic E-state index is 9.24. The van der Waals surface area contributed by atoms with Crippen LogP contribution in [0.5, 0.6) is 0 Å². The lowest BCUT2D eigenvalue weighted by molar-refractivity contribution is 0.109. The van der Waals surface area contributed by atoms with Gasteiger partial charge in [0, 0.05) is 25.8 Å². The Morgan fingerprint density at radius 2 is 2.18 bits per heavy atom. The lowest BCUT2D eigenvalue weighted by Gasteiger charge is -2.36. The maximum atomic E-state index is 9.24. The van der Waals surface area contributed by atoms with Crippen LogP contribution in [0.2, 0.25) is 0 Å². The van der Waals surface area contributed by atoms with Crippen LogP contribution >= 0.6 is 0 Å². The first-order chi connectivity index (χ1) is 8.11. The summed E-state index contributed by atoms with van der Waals surface area (Å²) in [5.41, 5.74) is 1.68. The summed E-state index contributed by atoms with van der Waals surface area (Å²) in [6.07, 6.45) is 1.80. The Morgan fingerprint density at radius 3 is 2.88 bits per heavy atom. The molecule has 1 unspecified atom stereocenters. The van der Waals surface area contributed by atoms with Crippen LogP contribution in [0.4, 0.5) is 0 Å². The third kappa shape index (κ3) is 2.62. The van der Waals surface area contributed by atoms with E-state index >= 15 is 0 Å². The highest BCUT2D eigenvalue weighted by molar-refractivity contribution is 5.16. The summed E-state index contributed by atoms with van der Waals surface area (Å²) in [7, 11) is 4.21. The number of hydrogen-bond donors (Lipinski definition) is 1. The minimum atomic E-state index is -0.0202. The number of aliphatic hydroxyl groups is 1. The Kier molecular flexibility index (Phi) is 3.71. The highest BCUT2D eigenvalue weighted by Gasteiger charge is 2.26. The largest absolute Gasteiger partial charge is 0.390 e. The quantitative estimate of drug-likeness (QED) is 0.795. The molecule has 94 valence electrons. The molecule has 2 rings (SSSR count). The van der Waals surface area contributed by atoms with Crippen LogP contribution in [0.25, 0.3) is 0 Å². The zero-order valence-corrected chi connectivity index (χ0v) is 10.7. The van der Waals surface area contributed by atoms with Crippen molar-refractivity contribution in [2.45, 2.75) is 19.6 Å². The van der Waals surface area contributed by atoms with Gasteiger partial charge in [0.25, 0.3) is 0 Å². The molecule has 1 aromatic rings. The summed E-state index contributed by atoms with van der Waals surface area (Å²) < 4.78 is 0. The Labute approximate surface area is 102 Å². The molecule has 0 aromatic carbocycles. The number of aryl methyl sites for hydroxylation is 1. The number of piperazine rings is 1. The van der Waals surface area contributed by atoms with Crippen molar-refractivity contribution in [2.24, 2.45) is 0 Å². The maximum Gasteiger partial charge on any atom is 0.147 e. The molecule has 0 amide bonds. The van der Waals surface area contributed by atoms with Crippen molar-refractivity contribution in [1.29, 1.82) is 0 Å². The van der Waals surface area contributed by atoms with Crippen molar-refractivity contribution in [3.63, 3.8) is 0 Å². The number of likely N-dealkylation sites (N-methyl/N-ethyl adjacent to an activating group) is 2. The number of aliphatic hydroxyl groups excluding tert-OH is 1. The second-order valence-electron chi connectivity index (χ2n) is 4.77. The lowest BCUT2D eigenvalue weighted by atomic mass is 10.1. The van der Waals surface area contributed by atoms with E-state index in [1.807, 2.05) is 6.92 Å². The van der Waals surface area contributed by atoms with Crippen LogP contribution in [-0.4, -0.2) is 58.6 Å². The number of hydrogen-bond acceptors (Lipinski definition) is 5. The van der Waals surface area contributed by atoms with Gasteiger partial charge in [0.2, 0.25) is 0 Å². The zero-order valence-electron chi connectivity index (χ0n) is 10.7. The fraction of sp³-hybridized carbons (Fsp3) is 0.667. The molecule has 1 atom stereocenters. The summed E-state index contributed by atoms with van der Waals surface area (Å²) in [6, 6.07) is 0.222. The molecule has 1 aromatic heterocycles. The van der Waals surface area contributed by atoms with Crippen molar-refractivity contribution in [1.82, 2.24) is 19.8 Å². The predicted octanol–water partition coefficient (Wildman–Crippen LogP) is 0.196. The molecular formula is C12H20N4O. The molecule has 2 heterocycles. The molecular weight excluding hydrogens is 216 g/mol. The van der Waals surface area contributed by atoms with Gasteiger partial charge in [0.05, 0.1) is 18.3 Å². The van der Waals surface area contributed by atoms with E-state index in [1.54, 1.807) is 6.20 Å². The topological polar surface area (TPSA) is 52.5 Å². The van der Waals surface area contributed by atoms with Gasteiger partial charge in [0.15, 0.2) is 0 Å². The van der Waals surface area contributed by atoms with Gasteiger partial charge in [-0.1, -0.05) is 0 Å². The fourth-order valence-corrected chi connectivity index (χ4v) is 2.10. The van der Waals surface area contributed by atoms with Gasteiger partial charge >= 0.3 is 0 Å². The number of nitrogens with zero attached hydrogens (tertiary/aromatic N) is 4. The molecule has 0 bridgehead atoms. The average molecular weight is 236 g/mol. The third-order valence-corrected chi connectivity index (χ3v) is 3.39. The first-order valence-electron chi connectivity index (χ1n) is 5.94. The Balaban J connectivity index is 2.26. The van der Waals surface area contributed by atoms with E-state index in [0.717, 1.165) is 36.7 Å². The number of aromatic nitrogens is 2. The highest BCUT2D eigenvalue weighted by Crippen LogP contribution is 2.20. The molecule has 0 aliphatic carbocycles. The first kappa shape index (κ1) is 12.4. The van der Waals surface area contributed by atoms with Crippen LogP contribution in [0, 0.1) is 6.92 Å². The van der Waals surface area contributed by atoms with E-state index in [2.05, 4.69) is 33.9 Å². The molecule has 1 aliphatic rings. The Hall–Kier alpha value is -1.04. The third-order valence-electron chi connectivity index (χ3n) is 3.39. The van der Waals surface area contributed by atoms with Gasteiger partial charge in [-0.15, -0.1) is 0 Å². The molecule has 1 saturated heterocycles. The Bertz CT molecular complexity index is 396. The normalized spacial score (nSPS) is 22.9. The van der Waals surface area contributed by atoms with Crippen molar-refractivity contribution in [3.05, 3.63) is 23.3 Å². The molecule has 0 saturated carbocycles. The van der Waals surface area contributed by atoms with E-state index in [1.165, 1.54) is 0 Å². The van der Waals surface area contributed by atoms with Crippen LogP contribution in [0.15, 0.2) is 6.20 Å². The second-order valence-corrected chi connectivity index (χ2v) is 4.77. The molecule has 1 N–H and O–H groups in total. The van der Waals surface area contributed by atoms with E-state index in [-0.39, 0.29) is 12.6 Å². The van der Waals surface area contributed by atoms with Crippen molar-refractivity contribution >= 4 is 0 Å². The summed E-state index contributed by atoms with van der Waals surface area (Å²) in [4.78, 5) is 13.4. The number of rotatable bonds is 2. The van der Waals surface area contributed by atoms with E-state index in [4.69, 9.17) is 0 Å². The molecule has 0 radical (unpaired) electrons. The first-order valence-corrected chi connectivity index (χ1v) is 5.94. The van der Waals surface area contributed by atoms with E-state index < -0.39 is 0 Å². The van der Waals surface area contributed by atoms with Gasteiger partial charge < -0.3 is 10.0 Å². The predicted molar refractivity (Wildman–Crippen MR) is 65.6 cm³/mol. The van der Waals surface area contributed by atoms with E-state index in [0.29, 0.717) is 0 Å². The molecule has 5 nitrogen and oxygen atoms in total. The second kappa shape index (κ2) is 5.08. The Morgan fingerprint density at radius 1 is 1.41 bits per heavy atom. The highest BCUT2D eigenvalue weighted by atomic mass is 16.3. The molecule has 17 heavy (non-hydrogen) atoms. The van der Waals surface area contributed by atoms with Crippen molar-refractivity contribution in [2.75, 3.05) is 33.7 Å².